The molecule has 0 aliphatic carbocycles. The van der Waals surface area contributed by atoms with Gasteiger partial charge < -0.3 is 9.84 Å². The first-order valence-corrected chi connectivity index (χ1v) is 7.57. The van der Waals surface area contributed by atoms with E-state index in [1.54, 1.807) is 13.0 Å². The lowest BCUT2D eigenvalue weighted by atomic mass is 10.1. The van der Waals surface area contributed by atoms with Crippen molar-refractivity contribution in [1.29, 1.82) is 0 Å². The molecule has 0 fully saturated rings. The van der Waals surface area contributed by atoms with Gasteiger partial charge in [0.05, 0.1) is 16.1 Å². The fourth-order valence-electron chi connectivity index (χ4n) is 1.79. The van der Waals surface area contributed by atoms with Gasteiger partial charge in [-0.25, -0.2) is 0 Å². The van der Waals surface area contributed by atoms with E-state index in [4.69, 9.17) is 27.9 Å². The Kier molecular flexibility index (Phi) is 5.33. The molecule has 2 nitrogen and oxygen atoms in total. The quantitative estimate of drug-likeness (QED) is 0.776. The zero-order chi connectivity index (χ0) is 14.7. The average molecular weight is 376 g/mol. The molecule has 2 aromatic carbocycles. The molecule has 1 N–H and O–H groups in total. The van der Waals surface area contributed by atoms with Crippen molar-refractivity contribution in [2.45, 2.75) is 19.6 Å². The first-order chi connectivity index (χ1) is 9.49. The zero-order valence-electron chi connectivity index (χ0n) is 10.7. The normalized spacial score (nSPS) is 12.2. The van der Waals surface area contributed by atoms with Crippen molar-refractivity contribution in [3.05, 3.63) is 62.0 Å². The number of hydrogen-bond acceptors (Lipinski definition) is 2. The Balaban J connectivity index is 2.22. The van der Waals surface area contributed by atoms with Crippen LogP contribution in [-0.4, -0.2) is 5.11 Å². The Bertz CT molecular complexity index is 615. The summed E-state index contributed by atoms with van der Waals surface area (Å²) in [6.07, 6.45) is -0.604. The van der Waals surface area contributed by atoms with Gasteiger partial charge in [0, 0.05) is 15.6 Å². The van der Waals surface area contributed by atoms with Crippen molar-refractivity contribution in [3.63, 3.8) is 0 Å². The van der Waals surface area contributed by atoms with Gasteiger partial charge in [-0.15, -0.1) is 0 Å². The van der Waals surface area contributed by atoms with Gasteiger partial charge in [0.15, 0.2) is 0 Å². The van der Waals surface area contributed by atoms with E-state index in [9.17, 15) is 5.11 Å². The number of rotatable bonds is 4. The van der Waals surface area contributed by atoms with Gasteiger partial charge >= 0.3 is 0 Å². The van der Waals surface area contributed by atoms with Crippen LogP contribution >= 0.6 is 39.1 Å². The maximum atomic E-state index is 9.75. The summed E-state index contributed by atoms with van der Waals surface area (Å²) < 4.78 is 6.65. The van der Waals surface area contributed by atoms with E-state index in [0.29, 0.717) is 15.8 Å². The molecule has 0 aromatic heterocycles. The highest BCUT2D eigenvalue weighted by atomic mass is 79.9. The fourth-order valence-corrected chi connectivity index (χ4v) is 2.51. The van der Waals surface area contributed by atoms with Crippen LogP contribution in [-0.2, 0) is 6.61 Å². The summed E-state index contributed by atoms with van der Waals surface area (Å²) in [5.41, 5.74) is 1.53. The van der Waals surface area contributed by atoms with Crippen molar-refractivity contribution in [2.24, 2.45) is 0 Å². The van der Waals surface area contributed by atoms with Crippen molar-refractivity contribution in [2.75, 3.05) is 0 Å². The molecule has 0 unspecified atom stereocenters. The molecule has 2 aromatic rings. The molecular formula is C15H13BrCl2O2. The van der Waals surface area contributed by atoms with Crippen LogP contribution in [0.2, 0.25) is 10.0 Å². The molecule has 0 aliphatic rings. The van der Waals surface area contributed by atoms with Gasteiger partial charge in [0.1, 0.15) is 12.4 Å². The molecule has 0 saturated carbocycles. The Morgan fingerprint density at radius 1 is 1.25 bits per heavy atom. The second-order valence-electron chi connectivity index (χ2n) is 4.36. The molecule has 0 aliphatic heterocycles. The summed E-state index contributed by atoms with van der Waals surface area (Å²) in [6, 6.07) is 10.9. The molecule has 106 valence electrons. The second-order valence-corrected chi connectivity index (χ2v) is 6.06. The van der Waals surface area contributed by atoms with Gasteiger partial charge in [-0.2, -0.15) is 0 Å². The minimum absolute atomic E-state index is 0.287. The Hall–Kier alpha value is -0.740. The molecule has 2 rings (SSSR count). The number of halogens is 3. The SMILES string of the molecule is C[C@@H](O)c1ccc(Br)cc1OCc1cccc(Cl)c1Cl. The lowest BCUT2D eigenvalue weighted by Crippen LogP contribution is -2.01. The van der Waals surface area contributed by atoms with Crippen LogP contribution < -0.4 is 4.74 Å². The van der Waals surface area contributed by atoms with E-state index in [-0.39, 0.29) is 6.61 Å². The molecule has 1 atom stereocenters. The van der Waals surface area contributed by atoms with Crippen molar-refractivity contribution >= 4 is 39.1 Å². The third-order valence-corrected chi connectivity index (χ3v) is 4.19. The lowest BCUT2D eigenvalue weighted by molar-refractivity contribution is 0.190. The zero-order valence-corrected chi connectivity index (χ0v) is 13.8. The third-order valence-electron chi connectivity index (χ3n) is 2.84. The summed E-state index contributed by atoms with van der Waals surface area (Å²) in [5.74, 6) is 0.616. The largest absolute Gasteiger partial charge is 0.488 e. The Morgan fingerprint density at radius 2 is 2.00 bits per heavy atom. The standard InChI is InChI=1S/C15H13BrCl2O2/c1-9(19)12-6-5-11(16)7-14(12)20-8-10-3-2-4-13(17)15(10)18/h2-7,9,19H,8H2,1H3/t9-/m1/s1. The molecule has 0 amide bonds. The van der Waals surface area contributed by atoms with Crippen molar-refractivity contribution in [3.8, 4) is 5.75 Å². The van der Waals surface area contributed by atoms with Gasteiger partial charge in [-0.1, -0.05) is 57.3 Å². The van der Waals surface area contributed by atoms with Crippen LogP contribution in [0.4, 0.5) is 0 Å². The summed E-state index contributed by atoms with van der Waals surface area (Å²) in [7, 11) is 0. The molecule has 0 spiro atoms. The number of aliphatic hydroxyl groups is 1. The monoisotopic (exact) mass is 374 g/mol. The highest BCUT2D eigenvalue weighted by Crippen LogP contribution is 2.31. The molecule has 5 heteroatoms. The maximum absolute atomic E-state index is 9.75. The number of aliphatic hydroxyl groups excluding tert-OH is 1. The molecular weight excluding hydrogens is 363 g/mol. The van der Waals surface area contributed by atoms with Crippen LogP contribution in [0.15, 0.2) is 40.9 Å². The van der Waals surface area contributed by atoms with Gasteiger partial charge in [-0.05, 0) is 25.1 Å². The van der Waals surface area contributed by atoms with Gasteiger partial charge in [-0.3, -0.25) is 0 Å². The topological polar surface area (TPSA) is 29.5 Å². The predicted molar refractivity (Wildman–Crippen MR) is 85.6 cm³/mol. The van der Waals surface area contributed by atoms with E-state index in [2.05, 4.69) is 15.9 Å². The molecule has 0 radical (unpaired) electrons. The number of hydrogen-bond donors (Lipinski definition) is 1. The van der Waals surface area contributed by atoms with E-state index in [0.717, 1.165) is 15.6 Å². The van der Waals surface area contributed by atoms with E-state index in [1.165, 1.54) is 0 Å². The lowest BCUT2D eigenvalue weighted by Gasteiger charge is -2.14. The second kappa shape index (κ2) is 6.81. The Morgan fingerprint density at radius 3 is 2.70 bits per heavy atom. The number of benzene rings is 2. The average Bonchev–Trinajstić information content (AvgIpc) is 2.40. The maximum Gasteiger partial charge on any atom is 0.126 e. The van der Waals surface area contributed by atoms with Crippen LogP contribution in [0.3, 0.4) is 0 Å². The Labute approximate surface area is 136 Å². The minimum atomic E-state index is -0.604. The predicted octanol–water partition coefficient (Wildman–Crippen LogP) is 5.39. The van der Waals surface area contributed by atoms with Gasteiger partial charge in [0.2, 0.25) is 0 Å². The first-order valence-electron chi connectivity index (χ1n) is 6.02. The van der Waals surface area contributed by atoms with Crippen LogP contribution in [0.25, 0.3) is 0 Å². The summed E-state index contributed by atoms with van der Waals surface area (Å²) >= 11 is 15.5. The van der Waals surface area contributed by atoms with Crippen LogP contribution in [0.5, 0.6) is 5.75 Å². The van der Waals surface area contributed by atoms with Crippen LogP contribution in [0.1, 0.15) is 24.2 Å². The third kappa shape index (κ3) is 3.67. The van der Waals surface area contributed by atoms with Crippen molar-refractivity contribution < 1.29 is 9.84 Å². The summed E-state index contributed by atoms with van der Waals surface area (Å²) in [6.45, 7) is 1.98. The van der Waals surface area contributed by atoms with E-state index in [1.807, 2.05) is 30.3 Å². The first kappa shape index (κ1) is 15.6. The highest BCUT2D eigenvalue weighted by Gasteiger charge is 2.11. The molecule has 0 bridgehead atoms. The van der Waals surface area contributed by atoms with E-state index >= 15 is 0 Å². The molecule has 0 heterocycles. The molecule has 20 heavy (non-hydrogen) atoms. The van der Waals surface area contributed by atoms with Gasteiger partial charge in [0.25, 0.3) is 0 Å². The van der Waals surface area contributed by atoms with Crippen molar-refractivity contribution in [1.82, 2.24) is 0 Å². The fraction of sp³-hybridized carbons (Fsp3) is 0.200. The number of ether oxygens (including phenoxy) is 1. The van der Waals surface area contributed by atoms with Crippen LogP contribution in [0, 0.1) is 0 Å². The summed E-state index contributed by atoms with van der Waals surface area (Å²) in [4.78, 5) is 0. The highest BCUT2D eigenvalue weighted by molar-refractivity contribution is 9.10. The van der Waals surface area contributed by atoms with E-state index < -0.39 is 6.10 Å². The summed E-state index contributed by atoms with van der Waals surface area (Å²) in [5, 5.41) is 10.7. The molecule has 0 saturated heterocycles. The smallest absolute Gasteiger partial charge is 0.126 e. The minimum Gasteiger partial charge on any atom is -0.488 e.